The van der Waals surface area contributed by atoms with Crippen LogP contribution in [0, 0.1) is 0 Å². The molecule has 130 valence electrons. The third kappa shape index (κ3) is 6.32. The Hall–Kier alpha value is -2.49. The first kappa shape index (κ1) is 19.6. The standard InChI is InChI=1S/C18H20O4.C2H6/c1-18(2,3)22-16-7-5-13(6-8-16)17(19)21-15-11-9-14(20-4)10-12-15;1-2/h5-12H,1-4H3;1-2H3. The molecule has 0 N–H and O–H groups in total. The molecule has 2 aromatic carbocycles. The summed E-state index contributed by atoms with van der Waals surface area (Å²) in [6.07, 6.45) is 0. The quantitative estimate of drug-likeness (QED) is 0.576. The normalized spacial score (nSPS) is 10.2. The number of hydrogen-bond donors (Lipinski definition) is 0. The number of ether oxygens (including phenoxy) is 3. The summed E-state index contributed by atoms with van der Waals surface area (Å²) in [6.45, 7) is 9.91. The molecule has 2 rings (SSSR count). The maximum absolute atomic E-state index is 12.1. The van der Waals surface area contributed by atoms with E-state index >= 15 is 0 Å². The van der Waals surface area contributed by atoms with Crippen LogP contribution >= 0.6 is 0 Å². The maximum Gasteiger partial charge on any atom is 0.343 e. The lowest BCUT2D eigenvalue weighted by molar-refractivity contribution is 0.0734. The Kier molecular flexibility index (Phi) is 7.31. The Morgan fingerprint density at radius 3 is 1.71 bits per heavy atom. The van der Waals surface area contributed by atoms with Crippen molar-refractivity contribution in [3.8, 4) is 17.2 Å². The maximum atomic E-state index is 12.1. The van der Waals surface area contributed by atoms with Crippen molar-refractivity contribution in [2.24, 2.45) is 0 Å². The van der Waals surface area contributed by atoms with E-state index in [1.165, 1.54) is 0 Å². The molecule has 0 bridgehead atoms. The monoisotopic (exact) mass is 330 g/mol. The van der Waals surface area contributed by atoms with Gasteiger partial charge in [0.1, 0.15) is 22.8 Å². The minimum atomic E-state index is -0.410. The molecule has 0 heterocycles. The molecule has 0 aromatic heterocycles. The summed E-state index contributed by atoms with van der Waals surface area (Å²) in [4.78, 5) is 12.1. The number of rotatable bonds is 4. The van der Waals surface area contributed by atoms with Gasteiger partial charge in [0, 0.05) is 0 Å². The molecule has 2 aromatic rings. The minimum absolute atomic E-state index is 0.273. The smallest absolute Gasteiger partial charge is 0.343 e. The summed E-state index contributed by atoms with van der Waals surface area (Å²) >= 11 is 0. The van der Waals surface area contributed by atoms with Crippen LogP contribution in [-0.2, 0) is 0 Å². The van der Waals surface area contributed by atoms with Gasteiger partial charge >= 0.3 is 5.97 Å². The molecule has 24 heavy (non-hydrogen) atoms. The van der Waals surface area contributed by atoms with Crippen molar-refractivity contribution in [1.29, 1.82) is 0 Å². The van der Waals surface area contributed by atoms with E-state index in [9.17, 15) is 4.79 Å². The van der Waals surface area contributed by atoms with Crippen molar-refractivity contribution in [3.63, 3.8) is 0 Å². The fourth-order valence-electron chi connectivity index (χ4n) is 1.82. The van der Waals surface area contributed by atoms with Crippen LogP contribution in [0.15, 0.2) is 48.5 Å². The summed E-state index contributed by atoms with van der Waals surface area (Å²) in [7, 11) is 1.59. The second kappa shape index (κ2) is 8.96. The molecule has 4 nitrogen and oxygen atoms in total. The molecule has 0 spiro atoms. The zero-order valence-electron chi connectivity index (χ0n) is 15.3. The van der Waals surface area contributed by atoms with E-state index in [0.717, 1.165) is 0 Å². The van der Waals surface area contributed by atoms with E-state index in [1.807, 2.05) is 34.6 Å². The SMILES string of the molecule is CC.COc1ccc(OC(=O)c2ccc(OC(C)(C)C)cc2)cc1. The molecular weight excluding hydrogens is 304 g/mol. The number of carbonyl (C=O) groups excluding carboxylic acids is 1. The van der Waals surface area contributed by atoms with Gasteiger partial charge in [-0.05, 0) is 69.3 Å². The number of methoxy groups -OCH3 is 1. The van der Waals surface area contributed by atoms with Gasteiger partial charge in [0.15, 0.2) is 0 Å². The van der Waals surface area contributed by atoms with Crippen LogP contribution in [0.25, 0.3) is 0 Å². The number of benzene rings is 2. The molecule has 0 saturated heterocycles. The highest BCUT2D eigenvalue weighted by Crippen LogP contribution is 2.21. The number of hydrogen-bond acceptors (Lipinski definition) is 4. The molecule has 0 unspecified atom stereocenters. The van der Waals surface area contributed by atoms with Gasteiger partial charge in [-0.15, -0.1) is 0 Å². The van der Waals surface area contributed by atoms with Crippen LogP contribution in [0.4, 0.5) is 0 Å². The highest BCUT2D eigenvalue weighted by atomic mass is 16.5. The van der Waals surface area contributed by atoms with E-state index in [2.05, 4.69) is 0 Å². The Balaban J connectivity index is 0.00000139. The van der Waals surface area contributed by atoms with Crippen LogP contribution in [0.1, 0.15) is 45.0 Å². The first-order chi connectivity index (χ1) is 11.4. The van der Waals surface area contributed by atoms with Crippen molar-refractivity contribution < 1.29 is 19.0 Å². The third-order valence-corrected chi connectivity index (χ3v) is 2.78. The Morgan fingerprint density at radius 1 is 0.792 bits per heavy atom. The molecule has 0 aliphatic carbocycles. The fourth-order valence-corrected chi connectivity index (χ4v) is 1.82. The van der Waals surface area contributed by atoms with E-state index in [0.29, 0.717) is 22.8 Å². The summed E-state index contributed by atoms with van der Waals surface area (Å²) in [5.41, 5.74) is 0.197. The lowest BCUT2D eigenvalue weighted by atomic mass is 10.1. The van der Waals surface area contributed by atoms with Crippen molar-refractivity contribution in [1.82, 2.24) is 0 Å². The Morgan fingerprint density at radius 2 is 1.25 bits per heavy atom. The summed E-state index contributed by atoms with van der Waals surface area (Å²) in [6, 6.07) is 13.7. The molecule has 0 radical (unpaired) electrons. The molecule has 4 heteroatoms. The molecule has 0 aliphatic heterocycles. The van der Waals surface area contributed by atoms with E-state index < -0.39 is 5.97 Å². The zero-order chi connectivity index (χ0) is 18.2. The second-order valence-electron chi connectivity index (χ2n) is 5.80. The zero-order valence-corrected chi connectivity index (χ0v) is 15.3. The molecule has 0 saturated carbocycles. The van der Waals surface area contributed by atoms with Gasteiger partial charge in [0.05, 0.1) is 12.7 Å². The van der Waals surface area contributed by atoms with Gasteiger partial charge in [0.2, 0.25) is 0 Å². The van der Waals surface area contributed by atoms with Gasteiger partial charge in [-0.2, -0.15) is 0 Å². The van der Waals surface area contributed by atoms with Gasteiger partial charge in [-0.1, -0.05) is 13.8 Å². The average molecular weight is 330 g/mol. The molecular formula is C20H26O4. The van der Waals surface area contributed by atoms with E-state index in [1.54, 1.807) is 55.6 Å². The predicted octanol–water partition coefficient (Wildman–Crippen LogP) is 5.12. The predicted molar refractivity (Wildman–Crippen MR) is 96.1 cm³/mol. The van der Waals surface area contributed by atoms with Gasteiger partial charge in [0.25, 0.3) is 0 Å². The van der Waals surface area contributed by atoms with E-state index in [-0.39, 0.29) is 5.60 Å². The topological polar surface area (TPSA) is 44.8 Å². The minimum Gasteiger partial charge on any atom is -0.497 e. The number of carbonyl (C=O) groups is 1. The van der Waals surface area contributed by atoms with Crippen molar-refractivity contribution in [2.75, 3.05) is 7.11 Å². The summed E-state index contributed by atoms with van der Waals surface area (Å²) in [5.74, 6) is 1.49. The van der Waals surface area contributed by atoms with Gasteiger partial charge in [-0.3, -0.25) is 0 Å². The van der Waals surface area contributed by atoms with Gasteiger partial charge < -0.3 is 14.2 Å². The van der Waals surface area contributed by atoms with E-state index in [4.69, 9.17) is 14.2 Å². The Labute approximate surface area is 144 Å². The molecule has 0 aliphatic rings. The first-order valence-electron chi connectivity index (χ1n) is 8.03. The lowest BCUT2D eigenvalue weighted by Gasteiger charge is -2.21. The Bertz CT molecular complexity index is 622. The fraction of sp³-hybridized carbons (Fsp3) is 0.350. The lowest BCUT2D eigenvalue weighted by Crippen LogP contribution is -2.22. The van der Waals surface area contributed by atoms with Gasteiger partial charge in [-0.25, -0.2) is 4.79 Å². The van der Waals surface area contributed by atoms with Crippen LogP contribution in [-0.4, -0.2) is 18.7 Å². The summed E-state index contributed by atoms with van der Waals surface area (Å²) in [5, 5.41) is 0. The summed E-state index contributed by atoms with van der Waals surface area (Å²) < 4.78 is 16.1. The second-order valence-corrected chi connectivity index (χ2v) is 5.80. The van der Waals surface area contributed by atoms with Crippen LogP contribution in [0.5, 0.6) is 17.2 Å². The van der Waals surface area contributed by atoms with Crippen molar-refractivity contribution in [2.45, 2.75) is 40.2 Å². The largest absolute Gasteiger partial charge is 0.497 e. The van der Waals surface area contributed by atoms with Crippen LogP contribution in [0.2, 0.25) is 0 Å². The molecule has 0 fully saturated rings. The molecule has 0 atom stereocenters. The van der Waals surface area contributed by atoms with Crippen LogP contribution in [0.3, 0.4) is 0 Å². The van der Waals surface area contributed by atoms with Crippen molar-refractivity contribution in [3.05, 3.63) is 54.1 Å². The molecule has 0 amide bonds. The highest BCUT2D eigenvalue weighted by Gasteiger charge is 2.13. The van der Waals surface area contributed by atoms with Crippen molar-refractivity contribution >= 4 is 5.97 Å². The first-order valence-corrected chi connectivity index (χ1v) is 8.03. The third-order valence-electron chi connectivity index (χ3n) is 2.78. The van der Waals surface area contributed by atoms with Crippen LogP contribution < -0.4 is 14.2 Å². The average Bonchev–Trinajstić information content (AvgIpc) is 2.56. The highest BCUT2D eigenvalue weighted by molar-refractivity contribution is 5.91. The number of esters is 1.